The fourth-order valence-corrected chi connectivity index (χ4v) is 4.64. The van der Waals surface area contributed by atoms with Gasteiger partial charge in [-0.1, -0.05) is 48.3 Å². The van der Waals surface area contributed by atoms with Crippen molar-refractivity contribution in [2.45, 2.75) is 31.5 Å². The summed E-state index contributed by atoms with van der Waals surface area (Å²) in [7, 11) is 0. The molecule has 1 aromatic heterocycles. The van der Waals surface area contributed by atoms with Crippen LogP contribution in [0.3, 0.4) is 0 Å². The Kier molecular flexibility index (Phi) is 4.67. The second-order valence-electron chi connectivity index (χ2n) is 4.48. The highest BCUT2D eigenvalue weighted by Crippen LogP contribution is 2.42. The van der Waals surface area contributed by atoms with Crippen LogP contribution in [0.2, 0.25) is 0 Å². The fourth-order valence-electron chi connectivity index (χ4n) is 2.16. The number of hydrogen-bond acceptors (Lipinski definition) is 1. The van der Waals surface area contributed by atoms with E-state index < -0.39 is 0 Å². The molecule has 1 aromatic carbocycles. The molecule has 0 aliphatic heterocycles. The molecule has 2 unspecified atom stereocenters. The molecule has 0 aliphatic rings. The summed E-state index contributed by atoms with van der Waals surface area (Å²) < 4.78 is 2.56. The maximum atomic E-state index is 3.87. The Labute approximate surface area is 124 Å². The number of benzene rings is 1. The Morgan fingerprint density at radius 1 is 1.35 bits per heavy atom. The van der Waals surface area contributed by atoms with Gasteiger partial charge >= 0.3 is 0 Å². The molecule has 0 amide bonds. The molecule has 2 aromatic rings. The van der Waals surface area contributed by atoms with Crippen molar-refractivity contribution in [1.29, 1.82) is 0 Å². The van der Waals surface area contributed by atoms with Crippen molar-refractivity contribution < 1.29 is 0 Å². The van der Waals surface area contributed by atoms with E-state index in [2.05, 4.69) is 69.3 Å². The molecule has 0 saturated carbocycles. The number of hydrogen-bond donors (Lipinski definition) is 0. The normalized spacial score (nSPS) is 15.1. The lowest BCUT2D eigenvalue weighted by atomic mass is 9.96. The minimum Gasteiger partial charge on any atom is -0.142 e. The van der Waals surface area contributed by atoms with Crippen LogP contribution in [0.4, 0.5) is 0 Å². The van der Waals surface area contributed by atoms with Gasteiger partial charge in [-0.2, -0.15) is 0 Å². The average Bonchev–Trinajstić information content (AvgIpc) is 2.73. The van der Waals surface area contributed by atoms with Crippen LogP contribution in [0.15, 0.2) is 28.1 Å². The SMILES string of the molecule is CCCC(C)C(Br)c1csc2c(Br)cccc12. The first-order chi connectivity index (χ1) is 8.15. The summed E-state index contributed by atoms with van der Waals surface area (Å²) in [5, 5.41) is 3.68. The van der Waals surface area contributed by atoms with Gasteiger partial charge in [0.25, 0.3) is 0 Å². The molecule has 92 valence electrons. The zero-order valence-electron chi connectivity index (χ0n) is 10.0. The first-order valence-corrected chi connectivity index (χ1v) is 8.53. The van der Waals surface area contributed by atoms with Gasteiger partial charge in [0.05, 0.1) is 0 Å². The lowest BCUT2D eigenvalue weighted by Gasteiger charge is -2.17. The van der Waals surface area contributed by atoms with Crippen LogP contribution < -0.4 is 0 Å². The lowest BCUT2D eigenvalue weighted by Crippen LogP contribution is -2.02. The first kappa shape index (κ1) is 13.6. The van der Waals surface area contributed by atoms with Crippen molar-refractivity contribution in [3.05, 3.63) is 33.6 Å². The smallest absolute Gasteiger partial charge is 0.0488 e. The monoisotopic (exact) mass is 374 g/mol. The van der Waals surface area contributed by atoms with Gasteiger partial charge in [-0.05, 0) is 50.7 Å². The van der Waals surface area contributed by atoms with Gasteiger partial charge in [-0.15, -0.1) is 11.3 Å². The zero-order valence-corrected chi connectivity index (χ0v) is 14.0. The molecule has 2 atom stereocenters. The summed E-state index contributed by atoms with van der Waals surface area (Å²) in [5.74, 6) is 0.678. The van der Waals surface area contributed by atoms with Gasteiger partial charge in [-0.25, -0.2) is 0 Å². The number of fused-ring (bicyclic) bond motifs is 1. The second-order valence-corrected chi connectivity index (χ2v) is 7.20. The van der Waals surface area contributed by atoms with Crippen LogP contribution in [0.25, 0.3) is 10.1 Å². The molecule has 0 N–H and O–H groups in total. The van der Waals surface area contributed by atoms with Crippen LogP contribution in [-0.2, 0) is 0 Å². The molecule has 0 fully saturated rings. The number of alkyl halides is 1. The molecule has 0 nitrogen and oxygen atoms in total. The Balaban J connectivity index is 2.39. The van der Waals surface area contributed by atoms with Gasteiger partial charge in [0.2, 0.25) is 0 Å². The Morgan fingerprint density at radius 2 is 2.12 bits per heavy atom. The summed E-state index contributed by atoms with van der Waals surface area (Å²) in [6, 6.07) is 6.45. The van der Waals surface area contributed by atoms with Crippen LogP contribution >= 0.6 is 43.2 Å². The van der Waals surface area contributed by atoms with E-state index in [4.69, 9.17) is 0 Å². The average molecular weight is 376 g/mol. The topological polar surface area (TPSA) is 0 Å². The molecule has 1 heterocycles. The third-order valence-corrected chi connectivity index (χ3v) is 6.49. The minimum absolute atomic E-state index is 0.463. The largest absolute Gasteiger partial charge is 0.142 e. The van der Waals surface area contributed by atoms with Crippen molar-refractivity contribution >= 4 is 53.3 Å². The number of thiophene rings is 1. The van der Waals surface area contributed by atoms with E-state index in [9.17, 15) is 0 Å². The van der Waals surface area contributed by atoms with Crippen molar-refractivity contribution in [2.24, 2.45) is 5.92 Å². The van der Waals surface area contributed by atoms with Crippen LogP contribution in [0, 0.1) is 5.92 Å². The van der Waals surface area contributed by atoms with E-state index in [0.29, 0.717) is 10.7 Å². The third kappa shape index (κ3) is 2.77. The van der Waals surface area contributed by atoms with E-state index in [1.807, 2.05) is 11.3 Å². The summed E-state index contributed by atoms with van der Waals surface area (Å²) in [4.78, 5) is 0.463. The van der Waals surface area contributed by atoms with Crippen molar-refractivity contribution in [3.8, 4) is 0 Å². The predicted octanol–water partition coefficient (Wildman–Crippen LogP) is 6.54. The molecule has 2 rings (SSSR count). The molecule has 0 saturated heterocycles. The summed E-state index contributed by atoms with van der Waals surface area (Å²) in [5.41, 5.74) is 1.44. The maximum absolute atomic E-state index is 3.87. The fraction of sp³-hybridized carbons (Fsp3) is 0.429. The van der Waals surface area contributed by atoms with Gasteiger partial charge in [0.15, 0.2) is 0 Å². The van der Waals surface area contributed by atoms with Crippen LogP contribution in [0.1, 0.15) is 37.1 Å². The summed E-state index contributed by atoms with van der Waals surface area (Å²) in [6.45, 7) is 4.57. The zero-order chi connectivity index (χ0) is 12.4. The van der Waals surface area contributed by atoms with E-state index in [1.54, 1.807) is 0 Å². The molecule has 0 spiro atoms. The maximum Gasteiger partial charge on any atom is 0.0488 e. The van der Waals surface area contributed by atoms with E-state index in [0.717, 1.165) is 0 Å². The Hall–Kier alpha value is 0.140. The van der Waals surface area contributed by atoms with Crippen molar-refractivity contribution in [2.75, 3.05) is 0 Å². The molecular formula is C14H16Br2S. The molecule has 17 heavy (non-hydrogen) atoms. The first-order valence-electron chi connectivity index (χ1n) is 5.94. The standard InChI is InChI=1S/C14H16Br2S/c1-3-5-9(2)13(16)11-8-17-14-10(11)6-4-7-12(14)15/h4,6-9,13H,3,5H2,1-2H3. The quantitative estimate of drug-likeness (QED) is 0.532. The summed E-state index contributed by atoms with van der Waals surface area (Å²) in [6.07, 6.45) is 2.51. The van der Waals surface area contributed by atoms with Crippen molar-refractivity contribution in [1.82, 2.24) is 0 Å². The van der Waals surface area contributed by atoms with Gasteiger partial charge in [0, 0.05) is 14.0 Å². The van der Waals surface area contributed by atoms with Crippen molar-refractivity contribution in [3.63, 3.8) is 0 Å². The van der Waals surface area contributed by atoms with Gasteiger partial charge in [0.1, 0.15) is 0 Å². The predicted molar refractivity (Wildman–Crippen MR) is 85.3 cm³/mol. The van der Waals surface area contributed by atoms with Crippen LogP contribution in [0.5, 0.6) is 0 Å². The van der Waals surface area contributed by atoms with Gasteiger partial charge in [-0.3, -0.25) is 0 Å². The number of rotatable bonds is 4. The Morgan fingerprint density at radius 3 is 2.82 bits per heavy atom. The molecule has 0 radical (unpaired) electrons. The molecule has 0 aliphatic carbocycles. The lowest BCUT2D eigenvalue weighted by molar-refractivity contribution is 0.521. The van der Waals surface area contributed by atoms with E-state index in [-0.39, 0.29) is 0 Å². The van der Waals surface area contributed by atoms with E-state index >= 15 is 0 Å². The Bertz CT molecular complexity index is 504. The summed E-state index contributed by atoms with van der Waals surface area (Å²) >= 11 is 9.32. The highest BCUT2D eigenvalue weighted by atomic mass is 79.9. The minimum atomic E-state index is 0.463. The highest BCUT2D eigenvalue weighted by molar-refractivity contribution is 9.10. The molecule has 3 heteroatoms. The van der Waals surface area contributed by atoms with Crippen LogP contribution in [-0.4, -0.2) is 0 Å². The van der Waals surface area contributed by atoms with E-state index in [1.165, 1.54) is 33.0 Å². The van der Waals surface area contributed by atoms with Gasteiger partial charge < -0.3 is 0 Å². The number of halogens is 2. The molecule has 0 bridgehead atoms. The highest BCUT2D eigenvalue weighted by Gasteiger charge is 2.19. The third-order valence-electron chi connectivity index (χ3n) is 3.12. The second kappa shape index (κ2) is 5.85. The molecular weight excluding hydrogens is 360 g/mol.